The van der Waals surface area contributed by atoms with Gasteiger partial charge in [0.1, 0.15) is 5.75 Å². The van der Waals surface area contributed by atoms with Crippen molar-refractivity contribution >= 4 is 5.91 Å². The van der Waals surface area contributed by atoms with Crippen LogP contribution in [0.3, 0.4) is 0 Å². The molecule has 0 spiro atoms. The highest BCUT2D eigenvalue weighted by molar-refractivity contribution is 5.84. The molecule has 0 bridgehead atoms. The van der Waals surface area contributed by atoms with Crippen LogP contribution in [0, 0.1) is 13.8 Å². The fraction of sp³-hybridized carbons (Fsp3) is 0.500. The molecule has 17 heavy (non-hydrogen) atoms. The maximum atomic E-state index is 11.6. The number of carbonyl (C=O) groups is 1. The molecule has 0 saturated heterocycles. The molecule has 3 heteroatoms. The molecule has 0 radical (unpaired) electrons. The molecule has 1 aliphatic rings. The number of hydrogen-bond donors (Lipinski definition) is 1. The van der Waals surface area contributed by atoms with Crippen molar-refractivity contribution < 1.29 is 9.53 Å². The van der Waals surface area contributed by atoms with Gasteiger partial charge in [-0.25, -0.2) is 0 Å². The molecule has 1 aliphatic carbocycles. The van der Waals surface area contributed by atoms with Gasteiger partial charge in [-0.15, -0.1) is 0 Å². The molecular weight excluding hydrogens is 214 g/mol. The Balaban J connectivity index is 2.26. The van der Waals surface area contributed by atoms with E-state index in [-0.39, 0.29) is 5.91 Å². The van der Waals surface area contributed by atoms with E-state index >= 15 is 0 Å². The second kappa shape index (κ2) is 4.40. The number of hydrogen-bond acceptors (Lipinski definition) is 2. The zero-order valence-corrected chi connectivity index (χ0v) is 10.5. The third-order valence-corrected chi connectivity index (χ3v) is 3.50. The summed E-state index contributed by atoms with van der Waals surface area (Å²) in [6.07, 6.45) is 3.48. The maximum absolute atomic E-state index is 11.6. The largest absolute Gasteiger partial charge is 0.477 e. The lowest BCUT2D eigenvalue weighted by molar-refractivity contribution is -0.133. The third kappa shape index (κ3) is 2.28. The van der Waals surface area contributed by atoms with Gasteiger partial charge in [0.05, 0.1) is 0 Å². The monoisotopic (exact) mass is 233 g/mol. The van der Waals surface area contributed by atoms with Crippen molar-refractivity contribution in [1.82, 2.24) is 0 Å². The van der Waals surface area contributed by atoms with Crippen molar-refractivity contribution in [2.45, 2.75) is 45.1 Å². The van der Waals surface area contributed by atoms with Gasteiger partial charge in [0, 0.05) is 0 Å². The summed E-state index contributed by atoms with van der Waals surface area (Å²) in [5.41, 5.74) is 6.96. The second-order valence-corrected chi connectivity index (χ2v) is 4.94. The smallest absolute Gasteiger partial charge is 0.261 e. The zero-order chi connectivity index (χ0) is 12.5. The minimum atomic E-state index is -0.778. The standard InChI is InChI=1S/C14H19NO2/c1-10-5-6-12(11(2)9-10)17-14(13(15)16)7-3-4-8-14/h5-6,9H,3-4,7-8H2,1-2H3,(H2,15,16). The molecule has 92 valence electrons. The molecule has 1 saturated carbocycles. The first-order valence-corrected chi connectivity index (χ1v) is 6.10. The van der Waals surface area contributed by atoms with Crippen molar-refractivity contribution in [2.75, 3.05) is 0 Å². The van der Waals surface area contributed by atoms with Crippen molar-refractivity contribution in [3.05, 3.63) is 29.3 Å². The van der Waals surface area contributed by atoms with Crippen molar-refractivity contribution in [3.8, 4) is 5.75 Å². The fourth-order valence-corrected chi connectivity index (χ4v) is 2.47. The summed E-state index contributed by atoms with van der Waals surface area (Å²) in [6.45, 7) is 4.03. The van der Waals surface area contributed by atoms with Gasteiger partial charge in [-0.2, -0.15) is 0 Å². The molecule has 0 atom stereocenters. The first kappa shape index (κ1) is 12.0. The molecule has 1 amide bonds. The molecular formula is C14H19NO2. The Morgan fingerprint density at radius 2 is 1.94 bits per heavy atom. The zero-order valence-electron chi connectivity index (χ0n) is 10.5. The summed E-state index contributed by atoms with van der Waals surface area (Å²) in [5.74, 6) is 0.436. The van der Waals surface area contributed by atoms with Crippen LogP contribution in [0.15, 0.2) is 18.2 Å². The van der Waals surface area contributed by atoms with Gasteiger partial charge in [-0.05, 0) is 51.2 Å². The van der Waals surface area contributed by atoms with Gasteiger partial charge in [0.2, 0.25) is 0 Å². The highest BCUT2D eigenvalue weighted by atomic mass is 16.5. The van der Waals surface area contributed by atoms with E-state index in [0.29, 0.717) is 0 Å². The topological polar surface area (TPSA) is 52.3 Å². The van der Waals surface area contributed by atoms with E-state index in [1.807, 2.05) is 26.0 Å². The Kier molecular flexibility index (Phi) is 3.09. The lowest BCUT2D eigenvalue weighted by atomic mass is 10.0. The second-order valence-electron chi connectivity index (χ2n) is 4.94. The van der Waals surface area contributed by atoms with Crippen LogP contribution in [0.5, 0.6) is 5.75 Å². The minimum absolute atomic E-state index is 0.338. The fourth-order valence-electron chi connectivity index (χ4n) is 2.47. The number of ether oxygens (including phenoxy) is 1. The minimum Gasteiger partial charge on any atom is -0.477 e. The van der Waals surface area contributed by atoms with Gasteiger partial charge >= 0.3 is 0 Å². The van der Waals surface area contributed by atoms with Crippen molar-refractivity contribution in [3.63, 3.8) is 0 Å². The van der Waals surface area contributed by atoms with Crippen LogP contribution in [0.1, 0.15) is 36.8 Å². The molecule has 1 aromatic carbocycles. The third-order valence-electron chi connectivity index (χ3n) is 3.50. The van der Waals surface area contributed by atoms with Crippen LogP contribution in [0.4, 0.5) is 0 Å². The number of primary amides is 1. The summed E-state index contributed by atoms with van der Waals surface area (Å²) < 4.78 is 5.94. The van der Waals surface area contributed by atoms with E-state index in [1.165, 1.54) is 5.56 Å². The van der Waals surface area contributed by atoms with Crippen LogP contribution in [-0.4, -0.2) is 11.5 Å². The molecule has 2 N–H and O–H groups in total. The van der Waals surface area contributed by atoms with E-state index in [2.05, 4.69) is 6.07 Å². The SMILES string of the molecule is Cc1ccc(OC2(C(N)=O)CCCC2)c(C)c1. The Morgan fingerprint density at radius 1 is 1.29 bits per heavy atom. The molecule has 0 unspecified atom stereocenters. The van der Waals surface area contributed by atoms with E-state index in [0.717, 1.165) is 37.0 Å². The predicted molar refractivity (Wildman–Crippen MR) is 66.9 cm³/mol. The average Bonchev–Trinajstić information content (AvgIpc) is 2.72. The summed E-state index contributed by atoms with van der Waals surface area (Å²) in [5, 5.41) is 0. The molecule has 1 aromatic rings. The number of amides is 1. The molecule has 3 nitrogen and oxygen atoms in total. The number of nitrogens with two attached hydrogens (primary N) is 1. The summed E-state index contributed by atoms with van der Waals surface area (Å²) in [7, 11) is 0. The summed E-state index contributed by atoms with van der Waals surface area (Å²) in [6, 6.07) is 5.97. The molecule has 0 aliphatic heterocycles. The van der Waals surface area contributed by atoms with Crippen molar-refractivity contribution in [1.29, 1.82) is 0 Å². The van der Waals surface area contributed by atoms with Crippen molar-refractivity contribution in [2.24, 2.45) is 5.73 Å². The van der Waals surface area contributed by atoms with Crippen LogP contribution < -0.4 is 10.5 Å². The lowest BCUT2D eigenvalue weighted by Gasteiger charge is -2.27. The van der Waals surface area contributed by atoms with E-state index < -0.39 is 5.60 Å². The van der Waals surface area contributed by atoms with Gasteiger partial charge in [0.25, 0.3) is 5.91 Å². The molecule has 0 aromatic heterocycles. The van der Waals surface area contributed by atoms with E-state index in [9.17, 15) is 4.79 Å². The van der Waals surface area contributed by atoms with Crippen LogP contribution >= 0.6 is 0 Å². The van der Waals surface area contributed by atoms with Gasteiger partial charge < -0.3 is 10.5 Å². The first-order valence-electron chi connectivity index (χ1n) is 6.10. The Morgan fingerprint density at radius 3 is 2.47 bits per heavy atom. The molecule has 0 heterocycles. The Bertz CT molecular complexity index is 434. The van der Waals surface area contributed by atoms with Gasteiger partial charge in [-0.1, -0.05) is 17.7 Å². The number of carbonyl (C=O) groups excluding carboxylic acids is 1. The van der Waals surface area contributed by atoms with Crippen LogP contribution in [-0.2, 0) is 4.79 Å². The number of rotatable bonds is 3. The highest BCUT2D eigenvalue weighted by Gasteiger charge is 2.42. The first-order chi connectivity index (χ1) is 8.03. The highest BCUT2D eigenvalue weighted by Crippen LogP contribution is 2.35. The summed E-state index contributed by atoms with van der Waals surface area (Å²) in [4.78, 5) is 11.6. The Hall–Kier alpha value is -1.51. The van der Waals surface area contributed by atoms with Crippen LogP contribution in [0.2, 0.25) is 0 Å². The lowest BCUT2D eigenvalue weighted by Crippen LogP contribution is -2.46. The quantitative estimate of drug-likeness (QED) is 0.872. The van der Waals surface area contributed by atoms with Crippen LogP contribution in [0.25, 0.3) is 0 Å². The van der Waals surface area contributed by atoms with E-state index in [4.69, 9.17) is 10.5 Å². The maximum Gasteiger partial charge on any atom is 0.261 e. The predicted octanol–water partition coefficient (Wildman–Crippen LogP) is 2.48. The molecule has 2 rings (SSSR count). The number of aryl methyl sites for hydroxylation is 2. The molecule has 1 fully saturated rings. The van der Waals surface area contributed by atoms with Gasteiger partial charge in [-0.3, -0.25) is 4.79 Å². The summed E-state index contributed by atoms with van der Waals surface area (Å²) >= 11 is 0. The Labute approximate surface area is 102 Å². The van der Waals surface area contributed by atoms with Gasteiger partial charge in [0.15, 0.2) is 5.60 Å². The number of benzene rings is 1. The normalized spacial score (nSPS) is 18.0. The average molecular weight is 233 g/mol. The van der Waals surface area contributed by atoms with E-state index in [1.54, 1.807) is 0 Å².